The Bertz CT molecular complexity index is 1390. The van der Waals surface area contributed by atoms with E-state index in [-0.39, 0.29) is 11.6 Å². The van der Waals surface area contributed by atoms with E-state index in [9.17, 15) is 14.4 Å². The molecule has 1 fully saturated rings. The lowest BCUT2D eigenvalue weighted by molar-refractivity contribution is -0.185. The first-order valence-corrected chi connectivity index (χ1v) is 14.2. The highest BCUT2D eigenvalue weighted by Crippen LogP contribution is 2.31. The van der Waals surface area contributed by atoms with E-state index in [2.05, 4.69) is 10.6 Å². The van der Waals surface area contributed by atoms with Gasteiger partial charge in [-0.1, -0.05) is 55.2 Å². The molecule has 0 saturated heterocycles. The van der Waals surface area contributed by atoms with Gasteiger partial charge in [-0.15, -0.1) is 0 Å². The molecule has 8 heteroatoms. The Morgan fingerprint density at radius 3 is 2.10 bits per heavy atom. The van der Waals surface area contributed by atoms with E-state index in [0.29, 0.717) is 18.0 Å². The molecular formula is C33H39N3O5. The molecule has 1 aliphatic rings. The first-order valence-electron chi connectivity index (χ1n) is 14.2. The second-order valence-corrected chi connectivity index (χ2v) is 10.6. The van der Waals surface area contributed by atoms with Crippen molar-refractivity contribution >= 4 is 29.3 Å². The Morgan fingerprint density at radius 2 is 1.49 bits per heavy atom. The van der Waals surface area contributed by atoms with Gasteiger partial charge in [0.1, 0.15) is 5.75 Å². The quantitative estimate of drug-likeness (QED) is 0.292. The molecule has 1 saturated carbocycles. The highest BCUT2D eigenvalue weighted by Gasteiger charge is 2.31. The van der Waals surface area contributed by atoms with Crippen LogP contribution in [-0.2, 0) is 9.63 Å². The molecule has 2 N–H and O–H groups in total. The molecule has 4 rings (SSSR count). The van der Waals surface area contributed by atoms with Gasteiger partial charge in [0, 0.05) is 12.6 Å². The summed E-state index contributed by atoms with van der Waals surface area (Å²) in [5.74, 6) is -0.273. The lowest BCUT2D eigenvalue weighted by Gasteiger charge is -2.32. The van der Waals surface area contributed by atoms with Crippen LogP contribution in [0.3, 0.4) is 0 Å². The summed E-state index contributed by atoms with van der Waals surface area (Å²) in [5, 5.41) is 7.05. The average Bonchev–Trinajstić information content (AvgIpc) is 2.94. The SMILES string of the molecule is CCOc1ccc(-c2ccc(C(=O)N(OC(C)=O)C3CCCCC3)c(NC(=O)Nc3c(C)cc(C)cc3C)c2)cc1. The number of benzene rings is 3. The van der Waals surface area contributed by atoms with Gasteiger partial charge in [0.05, 0.1) is 23.9 Å². The van der Waals surface area contributed by atoms with Crippen molar-refractivity contribution < 1.29 is 24.0 Å². The Hall–Kier alpha value is -4.33. The molecule has 1 aliphatic carbocycles. The Morgan fingerprint density at radius 1 is 0.854 bits per heavy atom. The number of rotatable bonds is 7. The smallest absolute Gasteiger partial charge is 0.329 e. The van der Waals surface area contributed by atoms with E-state index >= 15 is 0 Å². The molecule has 8 nitrogen and oxygen atoms in total. The largest absolute Gasteiger partial charge is 0.494 e. The number of urea groups is 1. The number of carbonyl (C=O) groups is 3. The normalized spacial score (nSPS) is 13.3. The number of nitrogens with zero attached hydrogens (tertiary/aromatic N) is 1. The van der Waals surface area contributed by atoms with Gasteiger partial charge in [-0.2, -0.15) is 5.06 Å². The number of aryl methyl sites for hydroxylation is 3. The van der Waals surface area contributed by atoms with E-state index < -0.39 is 17.9 Å². The number of anilines is 2. The van der Waals surface area contributed by atoms with Crippen molar-refractivity contribution in [2.75, 3.05) is 17.2 Å². The minimum Gasteiger partial charge on any atom is -0.494 e. The predicted octanol–water partition coefficient (Wildman–Crippen LogP) is 7.57. The Kier molecular flexibility index (Phi) is 9.65. The molecule has 3 aromatic carbocycles. The topological polar surface area (TPSA) is 97.0 Å². The number of hydrogen-bond acceptors (Lipinski definition) is 5. The van der Waals surface area contributed by atoms with Crippen molar-refractivity contribution in [1.29, 1.82) is 0 Å². The van der Waals surface area contributed by atoms with Crippen molar-refractivity contribution in [3.63, 3.8) is 0 Å². The van der Waals surface area contributed by atoms with Gasteiger partial charge in [0.25, 0.3) is 5.91 Å². The zero-order valence-corrected chi connectivity index (χ0v) is 24.5. The Balaban J connectivity index is 1.70. The number of hydrogen-bond donors (Lipinski definition) is 2. The number of amides is 3. The third-order valence-electron chi connectivity index (χ3n) is 7.25. The summed E-state index contributed by atoms with van der Waals surface area (Å²) in [6.45, 7) is 9.68. The monoisotopic (exact) mass is 557 g/mol. The lowest BCUT2D eigenvalue weighted by atomic mass is 9.94. The van der Waals surface area contributed by atoms with Gasteiger partial charge in [0.2, 0.25) is 0 Å². The second-order valence-electron chi connectivity index (χ2n) is 10.6. The summed E-state index contributed by atoms with van der Waals surface area (Å²) in [5.41, 5.74) is 5.95. The molecule has 0 radical (unpaired) electrons. The van der Waals surface area contributed by atoms with Crippen LogP contribution in [0.15, 0.2) is 54.6 Å². The summed E-state index contributed by atoms with van der Waals surface area (Å²) in [6, 6.07) is 16.2. The maximum absolute atomic E-state index is 13.9. The summed E-state index contributed by atoms with van der Waals surface area (Å²) >= 11 is 0. The first kappa shape index (κ1) is 29.6. The van der Waals surface area contributed by atoms with Gasteiger partial charge in [-0.05, 0) is 87.1 Å². The maximum Gasteiger partial charge on any atom is 0.329 e. The zero-order valence-electron chi connectivity index (χ0n) is 24.5. The fourth-order valence-electron chi connectivity index (χ4n) is 5.42. The maximum atomic E-state index is 13.9. The minimum absolute atomic E-state index is 0.217. The fraction of sp³-hybridized carbons (Fsp3) is 0.364. The minimum atomic E-state index is -0.562. The first-order chi connectivity index (χ1) is 19.7. The van der Waals surface area contributed by atoms with E-state index in [0.717, 1.165) is 65.7 Å². The van der Waals surface area contributed by atoms with Crippen LogP contribution in [0, 0.1) is 20.8 Å². The molecule has 41 heavy (non-hydrogen) atoms. The van der Waals surface area contributed by atoms with Gasteiger partial charge in [-0.3, -0.25) is 9.59 Å². The van der Waals surface area contributed by atoms with E-state index in [4.69, 9.17) is 9.57 Å². The molecule has 0 aliphatic heterocycles. The van der Waals surface area contributed by atoms with E-state index in [1.54, 1.807) is 12.1 Å². The highest BCUT2D eigenvalue weighted by atomic mass is 16.7. The molecule has 0 atom stereocenters. The standard InChI is InChI=1S/C33H39N3O5/c1-6-40-28-15-12-25(13-16-28)26-14-17-29(32(38)36(41-24(5)37)27-10-8-7-9-11-27)30(20-26)34-33(39)35-31-22(3)18-21(2)19-23(31)4/h12-20,27H,6-11H2,1-5H3,(H2,34,35,39). The van der Waals surface area contributed by atoms with Crippen LogP contribution in [0.5, 0.6) is 5.75 Å². The van der Waals surface area contributed by atoms with Crippen LogP contribution in [0.2, 0.25) is 0 Å². The van der Waals surface area contributed by atoms with Crippen molar-refractivity contribution in [3.8, 4) is 16.9 Å². The number of carbonyl (C=O) groups excluding carboxylic acids is 3. The fourth-order valence-corrected chi connectivity index (χ4v) is 5.42. The van der Waals surface area contributed by atoms with Crippen LogP contribution >= 0.6 is 0 Å². The molecular weight excluding hydrogens is 518 g/mol. The molecule has 0 spiro atoms. The van der Waals surface area contributed by atoms with E-state index in [1.165, 1.54) is 12.0 Å². The molecule has 3 amide bonds. The molecule has 0 aromatic heterocycles. The molecule has 0 bridgehead atoms. The summed E-state index contributed by atoms with van der Waals surface area (Å²) in [6.07, 6.45) is 4.49. The van der Waals surface area contributed by atoms with E-state index in [1.807, 2.05) is 70.2 Å². The van der Waals surface area contributed by atoms with Crippen molar-refractivity contribution in [2.45, 2.75) is 72.8 Å². The zero-order chi connectivity index (χ0) is 29.5. The van der Waals surface area contributed by atoms with Crippen LogP contribution in [0.25, 0.3) is 11.1 Å². The van der Waals surface area contributed by atoms with Gasteiger partial charge in [-0.25, -0.2) is 4.79 Å². The van der Waals surface area contributed by atoms with Crippen LogP contribution in [0.1, 0.15) is 73.0 Å². The van der Waals surface area contributed by atoms with Crippen LogP contribution < -0.4 is 15.4 Å². The van der Waals surface area contributed by atoms with Crippen molar-refractivity contribution in [1.82, 2.24) is 5.06 Å². The highest BCUT2D eigenvalue weighted by molar-refractivity contribution is 6.07. The van der Waals surface area contributed by atoms with Gasteiger partial charge >= 0.3 is 12.0 Å². The summed E-state index contributed by atoms with van der Waals surface area (Å²) < 4.78 is 5.57. The number of ether oxygens (including phenoxy) is 1. The van der Waals surface area contributed by atoms with Crippen molar-refractivity contribution in [2.24, 2.45) is 0 Å². The van der Waals surface area contributed by atoms with Crippen molar-refractivity contribution in [3.05, 3.63) is 76.9 Å². The number of nitrogens with one attached hydrogen (secondary N) is 2. The van der Waals surface area contributed by atoms with Crippen LogP contribution in [0.4, 0.5) is 16.2 Å². The second kappa shape index (κ2) is 13.4. The van der Waals surface area contributed by atoms with Gasteiger partial charge in [0.15, 0.2) is 0 Å². The summed E-state index contributed by atoms with van der Waals surface area (Å²) in [7, 11) is 0. The average molecular weight is 558 g/mol. The molecule has 0 unspecified atom stereocenters. The Labute approximate surface area is 242 Å². The lowest BCUT2D eigenvalue weighted by Crippen LogP contribution is -2.42. The number of hydroxylamine groups is 2. The van der Waals surface area contributed by atoms with Gasteiger partial charge < -0.3 is 20.2 Å². The molecule has 216 valence electrons. The third-order valence-corrected chi connectivity index (χ3v) is 7.25. The summed E-state index contributed by atoms with van der Waals surface area (Å²) in [4.78, 5) is 44.7. The molecule has 0 heterocycles. The predicted molar refractivity (Wildman–Crippen MR) is 161 cm³/mol. The molecule has 3 aromatic rings. The van der Waals surface area contributed by atoms with Crippen LogP contribution in [-0.4, -0.2) is 35.6 Å². The third kappa shape index (κ3) is 7.45.